The van der Waals surface area contributed by atoms with Crippen molar-refractivity contribution in [2.24, 2.45) is 5.92 Å². The first-order valence-corrected chi connectivity index (χ1v) is 13.3. The predicted molar refractivity (Wildman–Crippen MR) is 150 cm³/mol. The Hall–Kier alpha value is -4.21. The molecule has 7 rings (SSSR count). The highest BCUT2D eigenvalue weighted by molar-refractivity contribution is 6.04. The predicted octanol–water partition coefficient (Wildman–Crippen LogP) is 6.10. The lowest BCUT2D eigenvalue weighted by atomic mass is 9.79. The fourth-order valence-electron chi connectivity index (χ4n) is 5.85. The van der Waals surface area contributed by atoms with E-state index in [4.69, 9.17) is 4.74 Å². The smallest absolute Gasteiger partial charge is 0.326 e. The molecule has 3 aliphatic heterocycles. The van der Waals surface area contributed by atoms with Crippen molar-refractivity contribution in [2.75, 3.05) is 5.32 Å². The molecule has 5 heteroatoms. The number of nitrogens with zero attached hydrogens (tertiary/aromatic N) is 1. The van der Waals surface area contributed by atoms with Crippen LogP contribution in [0.4, 0.5) is 5.69 Å². The van der Waals surface area contributed by atoms with Gasteiger partial charge in [0.05, 0.1) is 24.6 Å². The van der Waals surface area contributed by atoms with Crippen LogP contribution >= 0.6 is 0 Å². The van der Waals surface area contributed by atoms with Gasteiger partial charge in [-0.05, 0) is 54.3 Å². The van der Waals surface area contributed by atoms with E-state index < -0.39 is 0 Å². The number of hydrogen-bond acceptors (Lipinski definition) is 3. The molecule has 4 aliphatic rings. The molecule has 1 aromatic heterocycles. The van der Waals surface area contributed by atoms with Gasteiger partial charge in [0.2, 0.25) is 0 Å². The molecule has 0 radical (unpaired) electrons. The third kappa shape index (κ3) is 4.32. The van der Waals surface area contributed by atoms with Gasteiger partial charge in [-0.2, -0.15) is 0 Å². The summed E-state index contributed by atoms with van der Waals surface area (Å²) in [6.45, 7) is 0. The number of hydrogen-bond donors (Lipinski definition) is 3. The number of H-pyrrole nitrogens is 1. The van der Waals surface area contributed by atoms with E-state index in [-0.39, 0.29) is 12.3 Å². The normalized spacial score (nSPS) is 25.9. The summed E-state index contributed by atoms with van der Waals surface area (Å²) in [5, 5.41) is 7.25. The SMILES string of the molecule is C1=CC(c2ccc3c(c2)NC(c2ccccc2)O3)CCC1C1=CC(c2ccc[nH]2)NC(C2=[N+]=CCC2)=C1. The van der Waals surface area contributed by atoms with Crippen LogP contribution in [0.15, 0.2) is 102 Å². The largest absolute Gasteiger partial charge is 0.464 e. The Kier molecular flexibility index (Phi) is 5.56. The Labute approximate surface area is 217 Å². The van der Waals surface area contributed by atoms with Gasteiger partial charge in [0, 0.05) is 29.3 Å². The molecule has 0 saturated carbocycles. The van der Waals surface area contributed by atoms with E-state index in [9.17, 15) is 0 Å². The van der Waals surface area contributed by atoms with Gasteiger partial charge in [-0.1, -0.05) is 54.6 Å². The monoisotopic (exact) mass is 487 g/mol. The number of rotatable bonds is 5. The van der Waals surface area contributed by atoms with Gasteiger partial charge in [-0.15, -0.1) is 4.67 Å². The molecule has 37 heavy (non-hydrogen) atoms. The first-order chi connectivity index (χ1) is 18.3. The minimum atomic E-state index is -0.125. The standard InChI is InChI=1S/C32H31N4O/c1-2-6-23(7-3-1)32-36-30-18-24(14-15-31(30)37-32)21-10-12-22(13-11-21)25-19-28(26-8-4-16-33-26)35-29(20-25)27-9-5-17-34-27/h1-4,6-8,10,12,14-22,28,32-33,35-36H,5,9,11,13H2/q+1. The van der Waals surface area contributed by atoms with E-state index >= 15 is 0 Å². The van der Waals surface area contributed by atoms with E-state index in [2.05, 4.69) is 87.1 Å². The average molecular weight is 488 g/mol. The van der Waals surface area contributed by atoms with Crippen LogP contribution in [0.2, 0.25) is 0 Å². The zero-order valence-electron chi connectivity index (χ0n) is 20.7. The summed E-state index contributed by atoms with van der Waals surface area (Å²) in [5.41, 5.74) is 8.47. The van der Waals surface area contributed by atoms with Crippen molar-refractivity contribution < 1.29 is 4.74 Å². The lowest BCUT2D eigenvalue weighted by Crippen LogP contribution is -2.29. The van der Waals surface area contributed by atoms with Crippen molar-refractivity contribution in [3.63, 3.8) is 0 Å². The second-order valence-electron chi connectivity index (χ2n) is 10.3. The van der Waals surface area contributed by atoms with Crippen LogP contribution < -0.4 is 20.0 Å². The number of aromatic nitrogens is 1. The van der Waals surface area contributed by atoms with Crippen LogP contribution in [0.1, 0.15) is 60.7 Å². The van der Waals surface area contributed by atoms with Crippen molar-refractivity contribution in [1.82, 2.24) is 15.0 Å². The maximum absolute atomic E-state index is 6.16. The summed E-state index contributed by atoms with van der Waals surface area (Å²) in [6, 6.07) is 21.3. The summed E-state index contributed by atoms with van der Waals surface area (Å²) in [5.74, 6) is 1.75. The van der Waals surface area contributed by atoms with Crippen LogP contribution in [-0.2, 0) is 0 Å². The van der Waals surface area contributed by atoms with Gasteiger partial charge < -0.3 is 20.4 Å². The van der Waals surface area contributed by atoms with Gasteiger partial charge in [0.1, 0.15) is 11.4 Å². The van der Waals surface area contributed by atoms with E-state index in [1.165, 1.54) is 28.2 Å². The zero-order valence-corrected chi connectivity index (χ0v) is 20.7. The lowest BCUT2D eigenvalue weighted by molar-refractivity contribution is 0.260. The number of fused-ring (bicyclic) bond motifs is 1. The maximum Gasteiger partial charge on any atom is 0.326 e. The zero-order chi connectivity index (χ0) is 24.6. The number of dihydropyridines is 1. The highest BCUT2D eigenvalue weighted by Gasteiger charge is 2.30. The molecule has 3 aromatic rings. The molecule has 184 valence electrons. The molecule has 0 spiro atoms. The quantitative estimate of drug-likeness (QED) is 0.301. The van der Waals surface area contributed by atoms with E-state index in [0.29, 0.717) is 11.8 Å². The fourth-order valence-corrected chi connectivity index (χ4v) is 5.85. The number of benzene rings is 2. The Balaban J connectivity index is 1.10. The van der Waals surface area contributed by atoms with Gasteiger partial charge in [0.25, 0.3) is 6.21 Å². The van der Waals surface area contributed by atoms with Crippen molar-refractivity contribution in [1.29, 1.82) is 0 Å². The Morgan fingerprint density at radius 3 is 2.54 bits per heavy atom. The topological polar surface area (TPSA) is 63.2 Å². The molecular weight excluding hydrogens is 456 g/mol. The highest BCUT2D eigenvalue weighted by atomic mass is 16.5. The molecule has 0 amide bonds. The van der Waals surface area contributed by atoms with E-state index in [1.807, 2.05) is 30.6 Å². The molecule has 2 aromatic carbocycles. The van der Waals surface area contributed by atoms with Gasteiger partial charge in [0.15, 0.2) is 6.23 Å². The number of nitrogens with one attached hydrogen (secondary N) is 3. The van der Waals surface area contributed by atoms with E-state index in [0.717, 1.165) is 42.7 Å². The molecule has 4 atom stereocenters. The summed E-state index contributed by atoms with van der Waals surface area (Å²) < 4.78 is 10.8. The molecule has 4 heterocycles. The average Bonchev–Trinajstić information content (AvgIpc) is 3.75. The van der Waals surface area contributed by atoms with E-state index in [1.54, 1.807) is 0 Å². The summed E-state index contributed by atoms with van der Waals surface area (Å²) in [6.07, 6.45) is 17.7. The number of allylic oxidation sites excluding steroid dienone is 5. The molecular formula is C32H31N4O+. The van der Waals surface area contributed by atoms with Gasteiger partial charge >= 0.3 is 5.71 Å². The maximum atomic E-state index is 6.16. The molecule has 0 fully saturated rings. The molecule has 3 N–H and O–H groups in total. The second-order valence-corrected chi connectivity index (χ2v) is 10.3. The van der Waals surface area contributed by atoms with Crippen molar-refractivity contribution in [2.45, 2.75) is 43.9 Å². The van der Waals surface area contributed by atoms with Crippen LogP contribution in [0.3, 0.4) is 0 Å². The number of aromatic amines is 1. The van der Waals surface area contributed by atoms with Crippen molar-refractivity contribution in [3.05, 3.63) is 119 Å². The number of anilines is 1. The third-order valence-electron chi connectivity index (χ3n) is 7.86. The van der Waals surface area contributed by atoms with Crippen LogP contribution in [-0.4, -0.2) is 16.9 Å². The summed E-state index contributed by atoms with van der Waals surface area (Å²) >= 11 is 0. The summed E-state index contributed by atoms with van der Waals surface area (Å²) in [7, 11) is 0. The molecule has 0 saturated heterocycles. The molecule has 4 unspecified atom stereocenters. The number of ether oxygens (including phenoxy) is 1. The van der Waals surface area contributed by atoms with Crippen LogP contribution in [0.25, 0.3) is 0 Å². The van der Waals surface area contributed by atoms with Crippen LogP contribution in [0.5, 0.6) is 5.75 Å². The first-order valence-electron chi connectivity index (χ1n) is 13.3. The second kappa shape index (κ2) is 9.34. The van der Waals surface area contributed by atoms with Crippen molar-refractivity contribution >= 4 is 17.6 Å². The van der Waals surface area contributed by atoms with Gasteiger partial charge in [-0.3, -0.25) is 0 Å². The third-order valence-corrected chi connectivity index (χ3v) is 7.86. The molecule has 1 aliphatic carbocycles. The minimum absolute atomic E-state index is 0.125. The molecule has 5 nitrogen and oxygen atoms in total. The van der Waals surface area contributed by atoms with Crippen molar-refractivity contribution in [3.8, 4) is 5.75 Å². The lowest BCUT2D eigenvalue weighted by Gasteiger charge is -2.28. The Morgan fingerprint density at radius 2 is 1.76 bits per heavy atom. The van der Waals surface area contributed by atoms with Crippen LogP contribution in [0, 0.1) is 5.92 Å². The Bertz CT molecular complexity index is 1460. The van der Waals surface area contributed by atoms with Gasteiger partial charge in [-0.25, -0.2) is 0 Å². The first kappa shape index (κ1) is 22.0. The highest BCUT2D eigenvalue weighted by Crippen LogP contribution is 2.42. The minimum Gasteiger partial charge on any atom is -0.464 e. The Morgan fingerprint density at radius 1 is 0.865 bits per heavy atom. The molecule has 0 bridgehead atoms. The summed E-state index contributed by atoms with van der Waals surface area (Å²) in [4.78, 5) is 3.39. The fraction of sp³-hybridized carbons (Fsp3) is 0.250.